The van der Waals surface area contributed by atoms with Crippen molar-refractivity contribution in [1.82, 2.24) is 15.2 Å². The van der Waals surface area contributed by atoms with Gasteiger partial charge in [-0.1, -0.05) is 0 Å². The molecule has 2 rings (SSSR count). The fourth-order valence-corrected chi connectivity index (χ4v) is 2.97. The molecule has 0 spiro atoms. The van der Waals surface area contributed by atoms with E-state index in [-0.39, 0.29) is 5.91 Å². The van der Waals surface area contributed by atoms with Crippen LogP contribution in [0.3, 0.4) is 0 Å². The predicted molar refractivity (Wildman–Crippen MR) is 77.8 cm³/mol. The first-order chi connectivity index (χ1) is 9.54. The Kier molecular flexibility index (Phi) is 4.91. The standard InChI is InChI=1S/C12H19N5O2S/c1-9-8-20-12(14-9)17-6-4-16(5-7-17)3-2-10(18)15-11(13)19/h8H,2-7H2,1H3,(H3,13,15,18,19). The number of carbonyl (C=O) groups excluding carboxylic acids is 2. The molecule has 0 aliphatic carbocycles. The van der Waals surface area contributed by atoms with Crippen LogP contribution in [0.25, 0.3) is 0 Å². The minimum atomic E-state index is -0.793. The van der Waals surface area contributed by atoms with E-state index in [0.717, 1.165) is 37.0 Å². The third kappa shape index (κ3) is 4.17. The summed E-state index contributed by atoms with van der Waals surface area (Å²) in [4.78, 5) is 30.8. The van der Waals surface area contributed by atoms with Crippen molar-refractivity contribution in [3.8, 4) is 0 Å². The van der Waals surface area contributed by atoms with Crippen molar-refractivity contribution in [2.24, 2.45) is 5.73 Å². The number of thiazole rings is 1. The Labute approximate surface area is 121 Å². The first kappa shape index (κ1) is 14.7. The Morgan fingerprint density at radius 2 is 2.10 bits per heavy atom. The summed E-state index contributed by atoms with van der Waals surface area (Å²) in [5, 5.41) is 5.19. The maximum Gasteiger partial charge on any atom is 0.318 e. The van der Waals surface area contributed by atoms with E-state index in [9.17, 15) is 9.59 Å². The molecule has 7 nitrogen and oxygen atoms in total. The summed E-state index contributed by atoms with van der Waals surface area (Å²) in [7, 11) is 0. The predicted octanol–water partition coefficient (Wildman–Crippen LogP) is 0.159. The number of aromatic nitrogens is 1. The molecule has 3 N–H and O–H groups in total. The molecule has 1 aromatic rings. The number of primary amides is 1. The normalized spacial score (nSPS) is 16.1. The number of nitrogens with one attached hydrogen (secondary N) is 1. The van der Waals surface area contributed by atoms with E-state index < -0.39 is 6.03 Å². The minimum Gasteiger partial charge on any atom is -0.351 e. The smallest absolute Gasteiger partial charge is 0.318 e. The molecule has 1 aromatic heterocycles. The van der Waals surface area contributed by atoms with Crippen molar-refractivity contribution in [3.63, 3.8) is 0 Å². The lowest BCUT2D eigenvalue weighted by atomic mass is 10.3. The number of amides is 3. The zero-order valence-corrected chi connectivity index (χ0v) is 12.3. The third-order valence-corrected chi connectivity index (χ3v) is 4.19. The van der Waals surface area contributed by atoms with Gasteiger partial charge in [-0.15, -0.1) is 11.3 Å². The van der Waals surface area contributed by atoms with E-state index in [4.69, 9.17) is 5.73 Å². The van der Waals surface area contributed by atoms with Gasteiger partial charge in [0.1, 0.15) is 0 Å². The molecule has 2 heterocycles. The van der Waals surface area contributed by atoms with Crippen LogP contribution in [-0.2, 0) is 4.79 Å². The summed E-state index contributed by atoms with van der Waals surface area (Å²) >= 11 is 1.66. The van der Waals surface area contributed by atoms with Crippen LogP contribution in [0.2, 0.25) is 0 Å². The van der Waals surface area contributed by atoms with Gasteiger partial charge in [0, 0.05) is 44.5 Å². The molecule has 0 bridgehead atoms. The lowest BCUT2D eigenvalue weighted by Gasteiger charge is -2.34. The van der Waals surface area contributed by atoms with Crippen molar-refractivity contribution < 1.29 is 9.59 Å². The zero-order valence-electron chi connectivity index (χ0n) is 11.5. The maximum atomic E-state index is 11.3. The van der Waals surface area contributed by atoms with E-state index in [2.05, 4.69) is 25.5 Å². The maximum absolute atomic E-state index is 11.3. The molecule has 0 radical (unpaired) electrons. The number of carbonyl (C=O) groups is 2. The lowest BCUT2D eigenvalue weighted by Crippen LogP contribution is -2.47. The summed E-state index contributed by atoms with van der Waals surface area (Å²) in [5.41, 5.74) is 5.94. The quantitative estimate of drug-likeness (QED) is 0.826. The molecule has 8 heteroatoms. The first-order valence-corrected chi connectivity index (χ1v) is 7.41. The summed E-state index contributed by atoms with van der Waals surface area (Å²) < 4.78 is 0. The Hall–Kier alpha value is -1.67. The molecule has 0 saturated carbocycles. The molecule has 20 heavy (non-hydrogen) atoms. The topological polar surface area (TPSA) is 91.6 Å². The van der Waals surface area contributed by atoms with Gasteiger partial charge < -0.3 is 10.6 Å². The summed E-state index contributed by atoms with van der Waals surface area (Å²) in [6, 6.07) is -0.793. The summed E-state index contributed by atoms with van der Waals surface area (Å²) in [5.74, 6) is -0.324. The van der Waals surface area contributed by atoms with E-state index >= 15 is 0 Å². The zero-order chi connectivity index (χ0) is 14.5. The molecule has 1 fully saturated rings. The average molecular weight is 297 g/mol. The van der Waals surface area contributed by atoms with Gasteiger partial charge in [0.2, 0.25) is 5.91 Å². The van der Waals surface area contributed by atoms with Crippen LogP contribution in [0.15, 0.2) is 5.38 Å². The van der Waals surface area contributed by atoms with Crippen LogP contribution in [0.4, 0.5) is 9.93 Å². The highest BCUT2D eigenvalue weighted by atomic mass is 32.1. The number of hydrogen-bond acceptors (Lipinski definition) is 6. The van der Waals surface area contributed by atoms with Gasteiger partial charge in [-0.25, -0.2) is 9.78 Å². The van der Waals surface area contributed by atoms with Crippen molar-refractivity contribution >= 4 is 28.4 Å². The van der Waals surface area contributed by atoms with Crippen molar-refractivity contribution in [1.29, 1.82) is 0 Å². The third-order valence-electron chi connectivity index (χ3n) is 3.17. The van der Waals surface area contributed by atoms with E-state index in [0.29, 0.717) is 13.0 Å². The van der Waals surface area contributed by atoms with Gasteiger partial charge in [-0.2, -0.15) is 0 Å². The second-order valence-electron chi connectivity index (χ2n) is 4.76. The van der Waals surface area contributed by atoms with Gasteiger partial charge in [0.25, 0.3) is 0 Å². The number of piperazine rings is 1. The van der Waals surface area contributed by atoms with Gasteiger partial charge in [-0.05, 0) is 6.92 Å². The minimum absolute atomic E-state index is 0.291. The van der Waals surface area contributed by atoms with E-state index in [1.165, 1.54) is 0 Å². The SMILES string of the molecule is Cc1csc(N2CCN(CCC(=O)NC(N)=O)CC2)n1. The number of urea groups is 1. The van der Waals surface area contributed by atoms with Gasteiger partial charge in [0.15, 0.2) is 5.13 Å². The molecule has 1 aliphatic heterocycles. The van der Waals surface area contributed by atoms with Crippen LogP contribution in [0, 0.1) is 6.92 Å². The fraction of sp³-hybridized carbons (Fsp3) is 0.583. The summed E-state index contributed by atoms with van der Waals surface area (Å²) in [6.07, 6.45) is 0.291. The number of hydrogen-bond donors (Lipinski definition) is 2. The van der Waals surface area contributed by atoms with Crippen LogP contribution in [0.1, 0.15) is 12.1 Å². The highest BCUT2D eigenvalue weighted by Crippen LogP contribution is 2.21. The highest BCUT2D eigenvalue weighted by Gasteiger charge is 2.19. The van der Waals surface area contributed by atoms with Gasteiger partial charge in [-0.3, -0.25) is 15.0 Å². The number of aryl methyl sites for hydroxylation is 1. The monoisotopic (exact) mass is 297 g/mol. The number of rotatable bonds is 4. The number of imide groups is 1. The average Bonchev–Trinajstić information content (AvgIpc) is 2.83. The van der Waals surface area contributed by atoms with Crippen LogP contribution >= 0.6 is 11.3 Å². The first-order valence-electron chi connectivity index (χ1n) is 6.53. The molecule has 0 aromatic carbocycles. The summed E-state index contributed by atoms with van der Waals surface area (Å²) in [6.45, 7) is 6.23. The van der Waals surface area contributed by atoms with E-state index in [1.54, 1.807) is 11.3 Å². The number of anilines is 1. The fourth-order valence-electron chi connectivity index (χ4n) is 2.11. The Morgan fingerprint density at radius 3 is 2.65 bits per heavy atom. The second kappa shape index (κ2) is 6.67. The number of nitrogens with two attached hydrogens (primary N) is 1. The molecule has 0 unspecified atom stereocenters. The Balaban J connectivity index is 1.72. The molecule has 110 valence electrons. The van der Waals surface area contributed by atoms with Gasteiger partial charge >= 0.3 is 6.03 Å². The van der Waals surface area contributed by atoms with Gasteiger partial charge in [0.05, 0.1) is 5.69 Å². The molecule has 1 aliphatic rings. The Morgan fingerprint density at radius 1 is 1.40 bits per heavy atom. The second-order valence-corrected chi connectivity index (χ2v) is 5.60. The molecule has 0 atom stereocenters. The van der Waals surface area contributed by atoms with Crippen molar-refractivity contribution in [3.05, 3.63) is 11.1 Å². The largest absolute Gasteiger partial charge is 0.351 e. The molecular weight excluding hydrogens is 278 g/mol. The van der Waals surface area contributed by atoms with Crippen molar-refractivity contribution in [2.75, 3.05) is 37.6 Å². The van der Waals surface area contributed by atoms with Crippen LogP contribution in [-0.4, -0.2) is 54.5 Å². The van der Waals surface area contributed by atoms with Crippen LogP contribution < -0.4 is 16.0 Å². The van der Waals surface area contributed by atoms with Crippen LogP contribution in [0.5, 0.6) is 0 Å². The number of nitrogens with zero attached hydrogens (tertiary/aromatic N) is 3. The molecule has 1 saturated heterocycles. The van der Waals surface area contributed by atoms with Crippen molar-refractivity contribution in [2.45, 2.75) is 13.3 Å². The highest BCUT2D eigenvalue weighted by molar-refractivity contribution is 7.13. The van der Waals surface area contributed by atoms with E-state index in [1.807, 2.05) is 6.92 Å². The molecular formula is C12H19N5O2S. The molecule has 3 amide bonds. The lowest BCUT2D eigenvalue weighted by molar-refractivity contribution is -0.120. The Bertz CT molecular complexity index is 482.